The summed E-state index contributed by atoms with van der Waals surface area (Å²) < 4.78 is 33.4. The van der Waals surface area contributed by atoms with E-state index in [0.717, 1.165) is 0 Å². The molecular weight excluding hydrogens is 340 g/mol. The molecule has 0 saturated heterocycles. The standard InChI is InChI=1S/C18H14N2O4S/c1-24-12-5-2-4-11(10-12)20-25(22,23)16-9-8-15-17-13(16)6-3-7-14(17)18(21)19-15/h2-10,20H,1H3,(H,19,21). The Hall–Kier alpha value is -3.06. The Kier molecular flexibility index (Phi) is 3.40. The van der Waals surface area contributed by atoms with Gasteiger partial charge in [0, 0.05) is 28.1 Å². The molecule has 0 spiro atoms. The summed E-state index contributed by atoms with van der Waals surface area (Å²) in [5.74, 6) is 0.325. The van der Waals surface area contributed by atoms with Crippen molar-refractivity contribution >= 4 is 38.1 Å². The molecule has 0 unspecified atom stereocenters. The van der Waals surface area contributed by atoms with E-state index in [2.05, 4.69) is 10.0 Å². The van der Waals surface area contributed by atoms with Gasteiger partial charge in [0.15, 0.2) is 0 Å². The summed E-state index contributed by atoms with van der Waals surface area (Å²) in [5, 5.41) is 3.87. The van der Waals surface area contributed by atoms with Gasteiger partial charge in [-0.25, -0.2) is 8.42 Å². The van der Waals surface area contributed by atoms with Crippen LogP contribution in [0.15, 0.2) is 59.5 Å². The molecule has 0 fully saturated rings. The first-order valence-corrected chi connectivity index (χ1v) is 9.02. The maximum Gasteiger partial charge on any atom is 0.262 e. The molecule has 0 radical (unpaired) electrons. The monoisotopic (exact) mass is 354 g/mol. The highest BCUT2D eigenvalue weighted by Crippen LogP contribution is 2.37. The Labute approximate surface area is 144 Å². The summed E-state index contributed by atoms with van der Waals surface area (Å²) in [7, 11) is -2.32. The highest BCUT2D eigenvalue weighted by atomic mass is 32.2. The predicted molar refractivity (Wildman–Crippen MR) is 95.7 cm³/mol. The number of nitrogens with one attached hydrogen (secondary N) is 2. The van der Waals surface area contributed by atoms with Crippen LogP contribution in [0.4, 0.5) is 11.4 Å². The lowest BCUT2D eigenvalue weighted by atomic mass is 10.1. The zero-order valence-corrected chi connectivity index (χ0v) is 14.1. The summed E-state index contributed by atoms with van der Waals surface area (Å²) in [6, 6.07) is 14.8. The molecule has 1 aliphatic rings. The van der Waals surface area contributed by atoms with Gasteiger partial charge in [-0.05, 0) is 30.3 Å². The Morgan fingerprint density at radius 1 is 1.04 bits per heavy atom. The number of anilines is 2. The lowest BCUT2D eigenvalue weighted by Crippen LogP contribution is -2.13. The number of carbonyl (C=O) groups excluding carboxylic acids is 1. The fourth-order valence-electron chi connectivity index (χ4n) is 2.99. The van der Waals surface area contributed by atoms with Crippen LogP contribution in [0, 0.1) is 0 Å². The third-order valence-corrected chi connectivity index (χ3v) is 5.54. The lowest BCUT2D eigenvalue weighted by molar-refractivity contribution is 0.103. The zero-order chi connectivity index (χ0) is 17.6. The smallest absolute Gasteiger partial charge is 0.262 e. The highest BCUT2D eigenvalue weighted by Gasteiger charge is 2.26. The summed E-state index contributed by atoms with van der Waals surface area (Å²) in [6.07, 6.45) is 0. The van der Waals surface area contributed by atoms with Crippen LogP contribution < -0.4 is 14.8 Å². The SMILES string of the molecule is COc1cccc(NS(=O)(=O)c2ccc3c4c(cccc24)C(=O)N3)c1. The van der Waals surface area contributed by atoms with Gasteiger partial charge < -0.3 is 10.1 Å². The van der Waals surface area contributed by atoms with E-state index in [1.54, 1.807) is 48.5 Å². The summed E-state index contributed by atoms with van der Waals surface area (Å²) in [5.41, 5.74) is 1.50. The van der Waals surface area contributed by atoms with Gasteiger partial charge in [0.25, 0.3) is 15.9 Å². The van der Waals surface area contributed by atoms with E-state index in [1.165, 1.54) is 13.2 Å². The number of methoxy groups -OCH3 is 1. The Morgan fingerprint density at radius 2 is 1.84 bits per heavy atom. The molecule has 126 valence electrons. The number of hydrogen-bond acceptors (Lipinski definition) is 4. The fraction of sp³-hybridized carbons (Fsp3) is 0.0556. The summed E-state index contributed by atoms with van der Waals surface area (Å²) in [6.45, 7) is 0. The van der Waals surface area contributed by atoms with Crippen molar-refractivity contribution in [2.24, 2.45) is 0 Å². The molecule has 0 bridgehead atoms. The number of benzene rings is 3. The Morgan fingerprint density at radius 3 is 2.64 bits per heavy atom. The van der Waals surface area contributed by atoms with E-state index in [4.69, 9.17) is 4.74 Å². The molecule has 0 aliphatic carbocycles. The van der Waals surface area contributed by atoms with Crippen LogP contribution in [0.2, 0.25) is 0 Å². The predicted octanol–water partition coefficient (Wildman–Crippen LogP) is 3.21. The van der Waals surface area contributed by atoms with E-state index in [-0.39, 0.29) is 10.8 Å². The summed E-state index contributed by atoms with van der Waals surface area (Å²) in [4.78, 5) is 12.1. The molecule has 0 atom stereocenters. The lowest BCUT2D eigenvalue weighted by Gasteiger charge is -2.12. The molecular formula is C18H14N2O4S. The van der Waals surface area contributed by atoms with Crippen molar-refractivity contribution in [3.8, 4) is 5.75 Å². The van der Waals surface area contributed by atoms with Gasteiger partial charge in [-0.15, -0.1) is 0 Å². The highest BCUT2D eigenvalue weighted by molar-refractivity contribution is 7.93. The van der Waals surface area contributed by atoms with Crippen LogP contribution in [0.3, 0.4) is 0 Å². The molecule has 2 N–H and O–H groups in total. The van der Waals surface area contributed by atoms with Gasteiger partial charge >= 0.3 is 0 Å². The normalized spacial score (nSPS) is 12.9. The summed E-state index contributed by atoms with van der Waals surface area (Å²) >= 11 is 0. The molecule has 0 aromatic heterocycles. The van der Waals surface area contributed by atoms with E-state index >= 15 is 0 Å². The van der Waals surface area contributed by atoms with Crippen LogP contribution in [0.25, 0.3) is 10.8 Å². The molecule has 3 aromatic rings. The molecule has 3 aromatic carbocycles. The van der Waals surface area contributed by atoms with E-state index in [0.29, 0.717) is 33.5 Å². The molecule has 4 rings (SSSR count). The first-order valence-electron chi connectivity index (χ1n) is 7.53. The van der Waals surface area contributed by atoms with Crippen LogP contribution in [-0.2, 0) is 10.0 Å². The Balaban J connectivity index is 1.84. The number of amides is 1. The third kappa shape index (κ3) is 2.49. The largest absolute Gasteiger partial charge is 0.497 e. The quantitative estimate of drug-likeness (QED) is 0.753. The van der Waals surface area contributed by atoms with Crippen LogP contribution in [0.1, 0.15) is 10.4 Å². The first kappa shape index (κ1) is 15.5. The minimum Gasteiger partial charge on any atom is -0.497 e. The van der Waals surface area contributed by atoms with Crippen molar-refractivity contribution in [1.29, 1.82) is 0 Å². The van der Waals surface area contributed by atoms with Crippen LogP contribution in [0.5, 0.6) is 5.75 Å². The van der Waals surface area contributed by atoms with E-state index in [1.807, 2.05) is 0 Å². The van der Waals surface area contributed by atoms with Crippen molar-refractivity contribution in [2.45, 2.75) is 4.90 Å². The first-order chi connectivity index (χ1) is 12.0. The molecule has 6 nitrogen and oxygen atoms in total. The number of ether oxygens (including phenoxy) is 1. The van der Waals surface area contributed by atoms with Crippen LogP contribution >= 0.6 is 0 Å². The van der Waals surface area contributed by atoms with E-state index in [9.17, 15) is 13.2 Å². The van der Waals surface area contributed by atoms with Crippen LogP contribution in [-0.4, -0.2) is 21.4 Å². The maximum absolute atomic E-state index is 12.9. The second-order valence-corrected chi connectivity index (χ2v) is 7.28. The van der Waals surface area contributed by atoms with E-state index < -0.39 is 10.0 Å². The zero-order valence-electron chi connectivity index (χ0n) is 13.2. The average molecular weight is 354 g/mol. The Bertz CT molecular complexity index is 1120. The second-order valence-electron chi connectivity index (χ2n) is 5.63. The van der Waals surface area contributed by atoms with Crippen molar-refractivity contribution in [3.63, 3.8) is 0 Å². The van der Waals surface area contributed by atoms with Gasteiger partial charge in [0.05, 0.1) is 17.7 Å². The number of carbonyl (C=O) groups is 1. The minimum atomic E-state index is -3.83. The minimum absolute atomic E-state index is 0.118. The number of rotatable bonds is 4. The number of sulfonamides is 1. The van der Waals surface area contributed by atoms with Crippen molar-refractivity contribution in [3.05, 3.63) is 60.2 Å². The van der Waals surface area contributed by atoms with Gasteiger partial charge in [-0.2, -0.15) is 0 Å². The van der Waals surface area contributed by atoms with Gasteiger partial charge in [0.2, 0.25) is 0 Å². The average Bonchev–Trinajstić information content (AvgIpc) is 2.93. The molecule has 1 aliphatic heterocycles. The fourth-order valence-corrected chi connectivity index (χ4v) is 4.25. The van der Waals surface area contributed by atoms with Gasteiger partial charge in [-0.3, -0.25) is 9.52 Å². The van der Waals surface area contributed by atoms with Crippen molar-refractivity contribution in [2.75, 3.05) is 17.1 Å². The molecule has 1 heterocycles. The molecule has 25 heavy (non-hydrogen) atoms. The van der Waals surface area contributed by atoms with Crippen molar-refractivity contribution < 1.29 is 17.9 Å². The third-order valence-electron chi connectivity index (χ3n) is 4.10. The molecule has 0 saturated carbocycles. The second kappa shape index (κ2) is 5.49. The molecule has 1 amide bonds. The van der Waals surface area contributed by atoms with Crippen molar-refractivity contribution in [1.82, 2.24) is 0 Å². The van der Waals surface area contributed by atoms with Gasteiger partial charge in [0.1, 0.15) is 5.75 Å². The topological polar surface area (TPSA) is 84.5 Å². The number of hydrogen-bond donors (Lipinski definition) is 2. The van der Waals surface area contributed by atoms with Gasteiger partial charge in [-0.1, -0.05) is 18.2 Å². The molecule has 7 heteroatoms. The maximum atomic E-state index is 12.9.